The van der Waals surface area contributed by atoms with Gasteiger partial charge in [0.15, 0.2) is 0 Å². The minimum absolute atomic E-state index is 0.0279. The van der Waals surface area contributed by atoms with Crippen molar-refractivity contribution < 1.29 is 9.72 Å². The normalized spacial score (nSPS) is 10.3. The van der Waals surface area contributed by atoms with Gasteiger partial charge in [0.1, 0.15) is 5.52 Å². The van der Waals surface area contributed by atoms with Gasteiger partial charge in [-0.25, -0.2) is 4.98 Å². The molecule has 0 saturated carbocycles. The molecule has 0 aliphatic heterocycles. The van der Waals surface area contributed by atoms with E-state index in [1.54, 1.807) is 18.2 Å². The number of hydrogen-bond acceptors (Lipinski definition) is 5. The number of nitro groups is 1. The van der Waals surface area contributed by atoms with Gasteiger partial charge < -0.3 is 10.6 Å². The molecular weight excluding hydrogens is 272 g/mol. The van der Waals surface area contributed by atoms with Crippen molar-refractivity contribution in [2.45, 2.75) is 13.3 Å². The lowest BCUT2D eigenvalue weighted by molar-refractivity contribution is -0.383. The Hall–Kier alpha value is -2.70. The number of rotatable bonds is 6. The lowest BCUT2D eigenvalue weighted by Crippen LogP contribution is -2.24. The molecule has 0 fully saturated rings. The van der Waals surface area contributed by atoms with Crippen molar-refractivity contribution in [1.82, 2.24) is 10.3 Å². The van der Waals surface area contributed by atoms with Crippen molar-refractivity contribution in [3.63, 3.8) is 0 Å². The van der Waals surface area contributed by atoms with E-state index in [2.05, 4.69) is 15.6 Å². The van der Waals surface area contributed by atoms with E-state index in [0.29, 0.717) is 30.4 Å². The van der Waals surface area contributed by atoms with Crippen LogP contribution in [-0.4, -0.2) is 28.9 Å². The molecule has 2 N–H and O–H groups in total. The third-order valence-electron chi connectivity index (χ3n) is 2.99. The second-order valence-corrected chi connectivity index (χ2v) is 4.42. The first-order valence-corrected chi connectivity index (χ1v) is 6.66. The number of anilines is 1. The number of non-ortho nitro benzene ring substituents is 1. The van der Waals surface area contributed by atoms with Gasteiger partial charge in [-0.15, -0.1) is 0 Å². The molecule has 1 amide bonds. The summed E-state index contributed by atoms with van der Waals surface area (Å²) in [4.78, 5) is 26.0. The molecule has 0 unspecified atom stereocenters. The maximum Gasteiger partial charge on any atom is 0.295 e. The Kier molecular flexibility index (Phi) is 4.65. The number of pyridine rings is 1. The second kappa shape index (κ2) is 6.65. The Morgan fingerprint density at radius 1 is 1.38 bits per heavy atom. The van der Waals surface area contributed by atoms with E-state index in [4.69, 9.17) is 0 Å². The summed E-state index contributed by atoms with van der Waals surface area (Å²) in [5.41, 5.74) is 1.04. The Morgan fingerprint density at radius 2 is 2.19 bits per heavy atom. The molecule has 0 spiro atoms. The van der Waals surface area contributed by atoms with E-state index in [1.165, 1.54) is 12.3 Å². The highest BCUT2D eigenvalue weighted by molar-refractivity contribution is 5.97. The van der Waals surface area contributed by atoms with Gasteiger partial charge in [-0.05, 0) is 25.1 Å². The highest BCUT2D eigenvalue weighted by Gasteiger charge is 2.15. The first-order chi connectivity index (χ1) is 10.1. The average molecular weight is 288 g/mol. The summed E-state index contributed by atoms with van der Waals surface area (Å²) in [6.45, 7) is 2.91. The smallest absolute Gasteiger partial charge is 0.295 e. The van der Waals surface area contributed by atoms with Gasteiger partial charge in [0.25, 0.3) is 5.69 Å². The predicted octanol–water partition coefficient (Wildman–Crippen LogP) is 2.08. The van der Waals surface area contributed by atoms with Crippen LogP contribution in [0, 0.1) is 10.1 Å². The van der Waals surface area contributed by atoms with Gasteiger partial charge in [0, 0.05) is 42.8 Å². The second-order valence-electron chi connectivity index (χ2n) is 4.42. The molecule has 110 valence electrons. The molecular formula is C14H16N4O3. The number of carbonyl (C=O) groups is 1. The molecule has 21 heavy (non-hydrogen) atoms. The maximum atomic E-state index is 11.4. The number of amides is 1. The Balaban J connectivity index is 2.20. The van der Waals surface area contributed by atoms with E-state index in [-0.39, 0.29) is 11.6 Å². The number of fused-ring (bicyclic) bond motifs is 1. The number of nitro benzene ring substituents is 1. The standard InChI is InChI=1S/C14H16N4O3/c1-2-15-13(19)7-9-16-11-5-6-12(18(20)21)14-10(11)4-3-8-17-14/h3-6,8,16H,2,7,9H2,1H3,(H,15,19). The number of benzene rings is 1. The van der Waals surface area contributed by atoms with Crippen molar-refractivity contribution in [1.29, 1.82) is 0 Å². The van der Waals surface area contributed by atoms with Gasteiger partial charge in [-0.3, -0.25) is 14.9 Å². The number of carbonyl (C=O) groups excluding carboxylic acids is 1. The molecule has 7 nitrogen and oxygen atoms in total. The first kappa shape index (κ1) is 14.7. The molecule has 1 heterocycles. The Labute approximate surface area is 121 Å². The van der Waals surface area contributed by atoms with E-state index in [0.717, 1.165) is 5.69 Å². The van der Waals surface area contributed by atoms with Crippen LogP contribution in [0.1, 0.15) is 13.3 Å². The zero-order valence-corrected chi connectivity index (χ0v) is 11.6. The molecule has 0 radical (unpaired) electrons. The molecule has 7 heteroatoms. The van der Waals surface area contributed by atoms with Crippen LogP contribution in [0.4, 0.5) is 11.4 Å². The van der Waals surface area contributed by atoms with Crippen molar-refractivity contribution in [2.75, 3.05) is 18.4 Å². The van der Waals surface area contributed by atoms with Crippen LogP contribution < -0.4 is 10.6 Å². The number of nitrogens with zero attached hydrogens (tertiary/aromatic N) is 2. The molecule has 0 aliphatic carbocycles. The fraction of sp³-hybridized carbons (Fsp3) is 0.286. The SMILES string of the molecule is CCNC(=O)CCNc1ccc([N+](=O)[O-])c2ncccc12. The summed E-state index contributed by atoms with van der Waals surface area (Å²) in [5, 5.41) is 17.5. The molecule has 2 aromatic rings. The third kappa shape index (κ3) is 3.44. The monoisotopic (exact) mass is 288 g/mol. The fourth-order valence-electron chi connectivity index (χ4n) is 2.06. The van der Waals surface area contributed by atoms with Crippen molar-refractivity contribution in [3.8, 4) is 0 Å². The van der Waals surface area contributed by atoms with Crippen molar-refractivity contribution in [3.05, 3.63) is 40.6 Å². The van der Waals surface area contributed by atoms with Crippen LogP contribution in [-0.2, 0) is 4.79 Å². The lowest BCUT2D eigenvalue weighted by atomic mass is 10.1. The topological polar surface area (TPSA) is 97.2 Å². The van der Waals surface area contributed by atoms with Crippen molar-refractivity contribution in [2.24, 2.45) is 0 Å². The fourth-order valence-corrected chi connectivity index (χ4v) is 2.06. The summed E-state index contributed by atoms with van der Waals surface area (Å²) in [5.74, 6) is -0.0330. The minimum Gasteiger partial charge on any atom is -0.384 e. The third-order valence-corrected chi connectivity index (χ3v) is 2.99. The van der Waals surface area contributed by atoms with E-state index < -0.39 is 4.92 Å². The summed E-state index contributed by atoms with van der Waals surface area (Å²) >= 11 is 0. The molecule has 0 aliphatic rings. The van der Waals surface area contributed by atoms with Crippen LogP contribution in [0.5, 0.6) is 0 Å². The zero-order chi connectivity index (χ0) is 15.2. The minimum atomic E-state index is -0.451. The molecule has 2 rings (SSSR count). The first-order valence-electron chi connectivity index (χ1n) is 6.66. The predicted molar refractivity (Wildman–Crippen MR) is 80.2 cm³/mol. The lowest BCUT2D eigenvalue weighted by Gasteiger charge is -2.09. The highest BCUT2D eigenvalue weighted by atomic mass is 16.6. The largest absolute Gasteiger partial charge is 0.384 e. The van der Waals surface area contributed by atoms with Crippen LogP contribution in [0.3, 0.4) is 0 Å². The summed E-state index contributed by atoms with van der Waals surface area (Å²) in [6.07, 6.45) is 1.86. The molecule has 0 saturated heterocycles. The van der Waals surface area contributed by atoms with Crippen LogP contribution in [0.2, 0.25) is 0 Å². The summed E-state index contributed by atoms with van der Waals surface area (Å²) in [7, 11) is 0. The van der Waals surface area contributed by atoms with Crippen LogP contribution >= 0.6 is 0 Å². The summed E-state index contributed by atoms with van der Waals surface area (Å²) in [6, 6.07) is 6.55. The highest BCUT2D eigenvalue weighted by Crippen LogP contribution is 2.29. The molecule has 1 aromatic heterocycles. The van der Waals surface area contributed by atoms with E-state index in [9.17, 15) is 14.9 Å². The molecule has 1 aromatic carbocycles. The average Bonchev–Trinajstić information content (AvgIpc) is 2.47. The van der Waals surface area contributed by atoms with Gasteiger partial charge in [0.2, 0.25) is 5.91 Å². The molecule has 0 atom stereocenters. The molecule has 0 bridgehead atoms. The summed E-state index contributed by atoms with van der Waals surface area (Å²) < 4.78 is 0. The van der Waals surface area contributed by atoms with Gasteiger partial charge in [-0.1, -0.05) is 0 Å². The maximum absolute atomic E-state index is 11.4. The number of nitrogens with one attached hydrogen (secondary N) is 2. The van der Waals surface area contributed by atoms with Gasteiger partial charge >= 0.3 is 0 Å². The number of hydrogen-bond donors (Lipinski definition) is 2. The van der Waals surface area contributed by atoms with Crippen molar-refractivity contribution >= 4 is 28.2 Å². The van der Waals surface area contributed by atoms with Gasteiger partial charge in [0.05, 0.1) is 4.92 Å². The van der Waals surface area contributed by atoms with E-state index in [1.807, 2.05) is 6.92 Å². The van der Waals surface area contributed by atoms with E-state index >= 15 is 0 Å². The van der Waals surface area contributed by atoms with Gasteiger partial charge in [-0.2, -0.15) is 0 Å². The Morgan fingerprint density at radius 3 is 2.90 bits per heavy atom. The van der Waals surface area contributed by atoms with Crippen LogP contribution in [0.25, 0.3) is 10.9 Å². The quantitative estimate of drug-likeness (QED) is 0.626. The Bertz CT molecular complexity index is 672. The zero-order valence-electron chi connectivity index (χ0n) is 11.6. The number of aromatic nitrogens is 1. The van der Waals surface area contributed by atoms with Crippen LogP contribution in [0.15, 0.2) is 30.5 Å².